The Kier molecular flexibility index (Phi) is 4.78. The summed E-state index contributed by atoms with van der Waals surface area (Å²) in [5, 5.41) is 0. The van der Waals surface area contributed by atoms with Crippen LogP contribution in [0.15, 0.2) is 0 Å². The third-order valence-corrected chi connectivity index (χ3v) is 5.33. The lowest BCUT2D eigenvalue weighted by Gasteiger charge is -2.29. The molecular weight excluding hydrogens is 240 g/mol. The van der Waals surface area contributed by atoms with Crippen molar-refractivity contribution in [1.82, 2.24) is 9.21 Å². The van der Waals surface area contributed by atoms with Gasteiger partial charge in [-0.1, -0.05) is 6.42 Å². The van der Waals surface area contributed by atoms with E-state index in [1.165, 1.54) is 0 Å². The summed E-state index contributed by atoms with van der Waals surface area (Å²) in [6.45, 7) is 5.23. The van der Waals surface area contributed by atoms with E-state index < -0.39 is 10.0 Å². The Morgan fingerprint density at radius 3 is 2.24 bits per heavy atom. The molecule has 0 saturated carbocycles. The standard InChI is InChI=1S/C11H22N2O3S/c14-17(15,13-4-2-1-3-5-13)11-8-12-6-9-16-10-7-12/h1-11H2. The molecule has 17 heavy (non-hydrogen) atoms. The molecule has 0 spiro atoms. The Morgan fingerprint density at radius 1 is 0.941 bits per heavy atom. The maximum Gasteiger partial charge on any atom is 0.215 e. The first-order valence-corrected chi connectivity index (χ1v) is 8.07. The summed E-state index contributed by atoms with van der Waals surface area (Å²) < 4.78 is 31.1. The molecule has 0 N–H and O–H groups in total. The molecule has 5 nitrogen and oxygen atoms in total. The van der Waals surface area contributed by atoms with Crippen LogP contribution in [-0.4, -0.2) is 69.3 Å². The Morgan fingerprint density at radius 2 is 1.59 bits per heavy atom. The topological polar surface area (TPSA) is 49.9 Å². The van der Waals surface area contributed by atoms with Crippen molar-refractivity contribution in [2.75, 3.05) is 51.7 Å². The fraction of sp³-hybridized carbons (Fsp3) is 1.00. The molecule has 0 unspecified atom stereocenters. The van der Waals surface area contributed by atoms with Gasteiger partial charge in [-0.2, -0.15) is 0 Å². The van der Waals surface area contributed by atoms with Crippen LogP contribution in [0.25, 0.3) is 0 Å². The predicted molar refractivity (Wildman–Crippen MR) is 66.5 cm³/mol. The van der Waals surface area contributed by atoms with Crippen LogP contribution in [0.5, 0.6) is 0 Å². The summed E-state index contributed by atoms with van der Waals surface area (Å²) in [7, 11) is -3.03. The number of hydrogen-bond acceptors (Lipinski definition) is 4. The highest BCUT2D eigenvalue weighted by Crippen LogP contribution is 2.13. The summed E-state index contributed by atoms with van der Waals surface area (Å²) in [6.07, 6.45) is 3.18. The van der Waals surface area contributed by atoms with Crippen LogP contribution in [-0.2, 0) is 14.8 Å². The van der Waals surface area contributed by atoms with Crippen LogP contribution in [0.2, 0.25) is 0 Å². The zero-order valence-corrected chi connectivity index (χ0v) is 11.1. The summed E-state index contributed by atoms with van der Waals surface area (Å²) in [4.78, 5) is 2.17. The third kappa shape index (κ3) is 3.91. The zero-order valence-electron chi connectivity index (χ0n) is 10.3. The second-order valence-corrected chi connectivity index (χ2v) is 6.82. The summed E-state index contributed by atoms with van der Waals surface area (Å²) >= 11 is 0. The molecule has 0 aromatic carbocycles. The van der Waals surface area contributed by atoms with E-state index in [-0.39, 0.29) is 5.75 Å². The van der Waals surface area contributed by atoms with Gasteiger partial charge in [-0.3, -0.25) is 4.90 Å². The van der Waals surface area contributed by atoms with E-state index in [0.717, 1.165) is 45.6 Å². The van der Waals surface area contributed by atoms with Gasteiger partial charge in [0.15, 0.2) is 0 Å². The summed E-state index contributed by atoms with van der Waals surface area (Å²) in [6, 6.07) is 0. The van der Waals surface area contributed by atoms with Gasteiger partial charge in [-0.25, -0.2) is 12.7 Å². The lowest BCUT2D eigenvalue weighted by atomic mass is 10.2. The van der Waals surface area contributed by atoms with E-state index >= 15 is 0 Å². The molecule has 100 valence electrons. The molecule has 6 heteroatoms. The van der Waals surface area contributed by atoms with Gasteiger partial charge in [0, 0.05) is 32.7 Å². The first-order valence-electron chi connectivity index (χ1n) is 6.46. The van der Waals surface area contributed by atoms with Crippen LogP contribution in [0.3, 0.4) is 0 Å². The first kappa shape index (κ1) is 13.3. The van der Waals surface area contributed by atoms with Crippen molar-refractivity contribution in [3.63, 3.8) is 0 Å². The molecule has 2 rings (SSSR count). The smallest absolute Gasteiger partial charge is 0.215 e. The van der Waals surface area contributed by atoms with E-state index in [4.69, 9.17) is 4.74 Å². The molecule has 2 aliphatic rings. The van der Waals surface area contributed by atoms with Crippen molar-refractivity contribution < 1.29 is 13.2 Å². The molecule has 2 saturated heterocycles. The lowest BCUT2D eigenvalue weighted by Crippen LogP contribution is -2.43. The molecule has 0 amide bonds. The number of morpholine rings is 1. The molecule has 2 fully saturated rings. The van der Waals surface area contributed by atoms with Gasteiger partial charge in [0.25, 0.3) is 0 Å². The molecule has 2 aliphatic heterocycles. The largest absolute Gasteiger partial charge is 0.379 e. The van der Waals surface area contributed by atoms with Crippen molar-refractivity contribution in [3.05, 3.63) is 0 Å². The number of sulfonamides is 1. The quantitative estimate of drug-likeness (QED) is 0.723. The highest BCUT2D eigenvalue weighted by atomic mass is 32.2. The minimum absolute atomic E-state index is 0.257. The summed E-state index contributed by atoms with van der Waals surface area (Å²) in [5.74, 6) is 0.257. The van der Waals surface area contributed by atoms with Gasteiger partial charge in [-0.15, -0.1) is 0 Å². The predicted octanol–water partition coefficient (Wildman–Crippen LogP) is 0.134. The number of nitrogens with zero attached hydrogens (tertiary/aromatic N) is 2. The van der Waals surface area contributed by atoms with Crippen LogP contribution in [0.1, 0.15) is 19.3 Å². The van der Waals surface area contributed by atoms with Crippen LogP contribution in [0.4, 0.5) is 0 Å². The van der Waals surface area contributed by atoms with E-state index in [9.17, 15) is 8.42 Å². The van der Waals surface area contributed by atoms with Gasteiger partial charge < -0.3 is 4.74 Å². The second-order valence-electron chi connectivity index (χ2n) is 4.73. The maximum absolute atomic E-state index is 12.1. The average Bonchev–Trinajstić information content (AvgIpc) is 2.39. The average molecular weight is 262 g/mol. The molecule has 0 atom stereocenters. The molecule has 2 heterocycles. The number of ether oxygens (including phenoxy) is 1. The minimum Gasteiger partial charge on any atom is -0.379 e. The molecule has 0 aromatic rings. The highest BCUT2D eigenvalue weighted by molar-refractivity contribution is 7.89. The Labute approximate surface area is 104 Å². The first-order chi connectivity index (χ1) is 8.18. The van der Waals surface area contributed by atoms with Crippen molar-refractivity contribution in [2.24, 2.45) is 0 Å². The van der Waals surface area contributed by atoms with Gasteiger partial charge in [0.05, 0.1) is 19.0 Å². The van der Waals surface area contributed by atoms with Gasteiger partial charge in [0.1, 0.15) is 0 Å². The van der Waals surface area contributed by atoms with Crippen LogP contribution >= 0.6 is 0 Å². The molecular formula is C11H22N2O3S. The molecule has 0 aromatic heterocycles. The van der Waals surface area contributed by atoms with Crippen molar-refractivity contribution in [1.29, 1.82) is 0 Å². The number of piperidine rings is 1. The molecule has 0 aliphatic carbocycles. The van der Waals surface area contributed by atoms with E-state index in [1.807, 2.05) is 0 Å². The Bertz CT molecular complexity index is 320. The fourth-order valence-corrected chi connectivity index (χ4v) is 3.90. The second kappa shape index (κ2) is 6.13. The van der Waals surface area contributed by atoms with Crippen LogP contribution in [0, 0.1) is 0 Å². The molecule has 0 radical (unpaired) electrons. The van der Waals surface area contributed by atoms with E-state index in [2.05, 4.69) is 4.90 Å². The maximum atomic E-state index is 12.1. The minimum atomic E-state index is -3.03. The van der Waals surface area contributed by atoms with Gasteiger partial charge in [0.2, 0.25) is 10.0 Å². The highest BCUT2D eigenvalue weighted by Gasteiger charge is 2.24. The van der Waals surface area contributed by atoms with Gasteiger partial charge >= 0.3 is 0 Å². The summed E-state index contributed by atoms with van der Waals surface area (Å²) in [5.41, 5.74) is 0. The lowest BCUT2D eigenvalue weighted by molar-refractivity contribution is 0.0407. The Hall–Kier alpha value is -0.170. The SMILES string of the molecule is O=S(=O)(CCN1CCOCC1)N1CCCCC1. The normalized spacial score (nSPS) is 24.9. The monoisotopic (exact) mass is 262 g/mol. The number of rotatable bonds is 4. The van der Waals surface area contributed by atoms with Crippen molar-refractivity contribution in [2.45, 2.75) is 19.3 Å². The van der Waals surface area contributed by atoms with E-state index in [0.29, 0.717) is 19.6 Å². The molecule has 0 bridgehead atoms. The fourth-order valence-electron chi connectivity index (χ4n) is 2.34. The van der Waals surface area contributed by atoms with Crippen molar-refractivity contribution in [3.8, 4) is 0 Å². The zero-order chi connectivity index (χ0) is 12.1. The van der Waals surface area contributed by atoms with E-state index in [1.54, 1.807) is 4.31 Å². The van der Waals surface area contributed by atoms with Crippen LogP contribution < -0.4 is 0 Å². The number of hydrogen-bond donors (Lipinski definition) is 0. The Balaban J connectivity index is 1.79. The van der Waals surface area contributed by atoms with Crippen molar-refractivity contribution >= 4 is 10.0 Å². The third-order valence-electron chi connectivity index (χ3n) is 3.48. The van der Waals surface area contributed by atoms with Gasteiger partial charge in [-0.05, 0) is 12.8 Å².